The van der Waals surface area contributed by atoms with Crippen molar-refractivity contribution in [1.29, 1.82) is 0 Å². The molecule has 16 heavy (non-hydrogen) atoms. The summed E-state index contributed by atoms with van der Waals surface area (Å²) in [6, 6.07) is 7.27. The standard InChI is InChI=1S/C13H14FNO/c14-10-1-4-13-9(7-10)8-12(16-13)5-6-15-11-2-3-11/h1,4,7-8,11,15H,2-3,5-6H2. The Hall–Kier alpha value is -1.35. The lowest BCUT2D eigenvalue weighted by molar-refractivity contribution is 0.531. The van der Waals surface area contributed by atoms with Gasteiger partial charge in [-0.1, -0.05) is 0 Å². The maximum absolute atomic E-state index is 13.0. The molecule has 0 bridgehead atoms. The Morgan fingerprint density at radius 3 is 3.00 bits per heavy atom. The van der Waals surface area contributed by atoms with Crippen molar-refractivity contribution in [3.63, 3.8) is 0 Å². The summed E-state index contributed by atoms with van der Waals surface area (Å²) in [6.45, 7) is 0.937. The van der Waals surface area contributed by atoms with E-state index in [0.29, 0.717) is 0 Å². The zero-order valence-corrected chi connectivity index (χ0v) is 9.00. The molecule has 0 amide bonds. The topological polar surface area (TPSA) is 25.2 Å². The minimum atomic E-state index is -0.212. The lowest BCUT2D eigenvalue weighted by atomic mass is 10.2. The molecule has 1 heterocycles. The summed E-state index contributed by atoms with van der Waals surface area (Å²) in [6.07, 6.45) is 3.46. The van der Waals surface area contributed by atoms with Gasteiger partial charge in [-0.05, 0) is 37.1 Å². The Bertz CT molecular complexity index is 502. The van der Waals surface area contributed by atoms with Crippen molar-refractivity contribution < 1.29 is 8.81 Å². The molecule has 1 aliphatic carbocycles. The van der Waals surface area contributed by atoms with Crippen LogP contribution in [0.25, 0.3) is 11.0 Å². The van der Waals surface area contributed by atoms with Gasteiger partial charge in [0.15, 0.2) is 0 Å². The van der Waals surface area contributed by atoms with Crippen LogP contribution >= 0.6 is 0 Å². The number of nitrogens with one attached hydrogen (secondary N) is 1. The first kappa shape index (κ1) is 9.85. The summed E-state index contributed by atoms with van der Waals surface area (Å²) in [5.41, 5.74) is 0.767. The number of hydrogen-bond acceptors (Lipinski definition) is 2. The third-order valence-electron chi connectivity index (χ3n) is 2.91. The Labute approximate surface area is 93.4 Å². The second kappa shape index (κ2) is 3.91. The van der Waals surface area contributed by atoms with E-state index in [2.05, 4.69) is 5.32 Å². The molecule has 1 fully saturated rings. The Morgan fingerprint density at radius 2 is 2.19 bits per heavy atom. The monoisotopic (exact) mass is 219 g/mol. The predicted octanol–water partition coefficient (Wildman–Crippen LogP) is 2.87. The zero-order chi connectivity index (χ0) is 11.0. The highest BCUT2D eigenvalue weighted by Crippen LogP contribution is 2.21. The van der Waals surface area contributed by atoms with Gasteiger partial charge >= 0.3 is 0 Å². The van der Waals surface area contributed by atoms with E-state index >= 15 is 0 Å². The normalized spacial score (nSPS) is 15.8. The van der Waals surface area contributed by atoms with Crippen LogP contribution in [0.4, 0.5) is 4.39 Å². The molecule has 1 aromatic heterocycles. The number of halogens is 1. The highest BCUT2D eigenvalue weighted by molar-refractivity contribution is 5.77. The number of fused-ring (bicyclic) bond motifs is 1. The third-order valence-corrected chi connectivity index (χ3v) is 2.91. The van der Waals surface area contributed by atoms with Gasteiger partial charge < -0.3 is 9.73 Å². The predicted molar refractivity (Wildman–Crippen MR) is 60.9 cm³/mol. The molecule has 3 rings (SSSR count). The summed E-state index contributed by atoms with van der Waals surface area (Å²) < 4.78 is 18.6. The van der Waals surface area contributed by atoms with Crippen molar-refractivity contribution in [3.8, 4) is 0 Å². The van der Waals surface area contributed by atoms with Crippen molar-refractivity contribution in [2.24, 2.45) is 0 Å². The zero-order valence-electron chi connectivity index (χ0n) is 9.00. The third kappa shape index (κ3) is 2.09. The molecule has 2 nitrogen and oxygen atoms in total. The number of rotatable bonds is 4. The summed E-state index contributed by atoms with van der Waals surface area (Å²) in [5.74, 6) is 0.713. The highest BCUT2D eigenvalue weighted by atomic mass is 19.1. The first-order chi connectivity index (χ1) is 7.81. The van der Waals surface area contributed by atoms with Crippen LogP contribution in [0.5, 0.6) is 0 Å². The van der Waals surface area contributed by atoms with Crippen molar-refractivity contribution >= 4 is 11.0 Å². The second-order valence-electron chi connectivity index (χ2n) is 4.37. The fourth-order valence-electron chi connectivity index (χ4n) is 1.88. The van der Waals surface area contributed by atoms with E-state index in [4.69, 9.17) is 4.42 Å². The SMILES string of the molecule is Fc1ccc2oc(CCNC3CC3)cc2c1. The van der Waals surface area contributed by atoms with Gasteiger partial charge in [-0.15, -0.1) is 0 Å². The van der Waals surface area contributed by atoms with Gasteiger partial charge in [-0.25, -0.2) is 4.39 Å². The van der Waals surface area contributed by atoms with E-state index in [0.717, 1.165) is 35.7 Å². The van der Waals surface area contributed by atoms with Gasteiger partial charge in [0.1, 0.15) is 17.2 Å². The molecule has 0 atom stereocenters. The van der Waals surface area contributed by atoms with E-state index in [1.807, 2.05) is 6.07 Å². The largest absolute Gasteiger partial charge is 0.461 e. The second-order valence-corrected chi connectivity index (χ2v) is 4.37. The quantitative estimate of drug-likeness (QED) is 0.855. The molecule has 1 aromatic carbocycles. The highest BCUT2D eigenvalue weighted by Gasteiger charge is 2.19. The molecular formula is C13H14FNO. The average Bonchev–Trinajstić information content (AvgIpc) is 2.98. The van der Waals surface area contributed by atoms with Crippen LogP contribution in [-0.4, -0.2) is 12.6 Å². The smallest absolute Gasteiger partial charge is 0.134 e. The Balaban J connectivity index is 1.71. The minimum Gasteiger partial charge on any atom is -0.461 e. The van der Waals surface area contributed by atoms with E-state index in [1.165, 1.54) is 25.0 Å². The summed E-state index contributed by atoms with van der Waals surface area (Å²) in [7, 11) is 0. The molecule has 1 N–H and O–H groups in total. The lowest BCUT2D eigenvalue weighted by Gasteiger charge is -1.98. The van der Waals surface area contributed by atoms with E-state index in [-0.39, 0.29) is 5.82 Å². The molecule has 2 aromatic rings. The van der Waals surface area contributed by atoms with Crippen LogP contribution in [0.2, 0.25) is 0 Å². The summed E-state index contributed by atoms with van der Waals surface area (Å²) in [4.78, 5) is 0. The van der Waals surface area contributed by atoms with E-state index in [9.17, 15) is 4.39 Å². The van der Waals surface area contributed by atoms with Crippen molar-refractivity contribution in [2.45, 2.75) is 25.3 Å². The summed E-state index contributed by atoms with van der Waals surface area (Å²) >= 11 is 0. The Kier molecular flexibility index (Phi) is 2.40. The maximum atomic E-state index is 13.0. The number of benzene rings is 1. The van der Waals surface area contributed by atoms with Crippen LogP contribution < -0.4 is 5.32 Å². The van der Waals surface area contributed by atoms with Gasteiger partial charge in [0.05, 0.1) is 0 Å². The first-order valence-corrected chi connectivity index (χ1v) is 5.72. The van der Waals surface area contributed by atoms with Crippen molar-refractivity contribution in [3.05, 3.63) is 35.8 Å². The number of furan rings is 1. The molecule has 0 radical (unpaired) electrons. The lowest BCUT2D eigenvalue weighted by Crippen LogP contribution is -2.18. The van der Waals surface area contributed by atoms with Crippen molar-refractivity contribution in [1.82, 2.24) is 5.32 Å². The summed E-state index contributed by atoms with van der Waals surface area (Å²) in [5, 5.41) is 4.28. The average molecular weight is 219 g/mol. The fraction of sp³-hybridized carbons (Fsp3) is 0.385. The number of hydrogen-bond donors (Lipinski definition) is 1. The minimum absolute atomic E-state index is 0.212. The van der Waals surface area contributed by atoms with Crippen LogP contribution in [0, 0.1) is 5.82 Å². The molecule has 0 unspecified atom stereocenters. The Morgan fingerprint density at radius 1 is 1.31 bits per heavy atom. The van der Waals surface area contributed by atoms with Crippen LogP contribution in [0.15, 0.2) is 28.7 Å². The molecule has 1 saturated carbocycles. The molecule has 0 aliphatic heterocycles. The molecule has 1 aliphatic rings. The molecule has 0 spiro atoms. The molecule has 3 heteroatoms. The molecular weight excluding hydrogens is 205 g/mol. The van der Waals surface area contributed by atoms with Gasteiger partial charge in [0.25, 0.3) is 0 Å². The molecule has 0 saturated heterocycles. The van der Waals surface area contributed by atoms with E-state index < -0.39 is 0 Å². The van der Waals surface area contributed by atoms with Gasteiger partial charge in [-0.2, -0.15) is 0 Å². The van der Waals surface area contributed by atoms with Crippen LogP contribution in [0.1, 0.15) is 18.6 Å². The van der Waals surface area contributed by atoms with Crippen LogP contribution in [-0.2, 0) is 6.42 Å². The molecule has 84 valence electrons. The maximum Gasteiger partial charge on any atom is 0.134 e. The van der Waals surface area contributed by atoms with Crippen LogP contribution in [0.3, 0.4) is 0 Å². The fourth-order valence-corrected chi connectivity index (χ4v) is 1.88. The van der Waals surface area contributed by atoms with Gasteiger partial charge in [-0.3, -0.25) is 0 Å². The van der Waals surface area contributed by atoms with E-state index in [1.54, 1.807) is 6.07 Å². The first-order valence-electron chi connectivity index (χ1n) is 5.72. The van der Waals surface area contributed by atoms with Gasteiger partial charge in [0, 0.05) is 24.4 Å². The van der Waals surface area contributed by atoms with Gasteiger partial charge in [0.2, 0.25) is 0 Å². The van der Waals surface area contributed by atoms with Crippen molar-refractivity contribution in [2.75, 3.05) is 6.54 Å².